The smallest absolute Gasteiger partial charge is 0.289 e. The highest BCUT2D eigenvalue weighted by Gasteiger charge is 2.25. The maximum Gasteiger partial charge on any atom is 0.289 e. The predicted octanol–water partition coefficient (Wildman–Crippen LogP) is 1.92. The van der Waals surface area contributed by atoms with E-state index in [2.05, 4.69) is 58.5 Å². The molecule has 0 radical (unpaired) electrons. The summed E-state index contributed by atoms with van der Waals surface area (Å²) >= 11 is 0. The maximum absolute atomic E-state index is 12.4. The number of likely N-dealkylation sites (N-methyl/N-ethyl adjacent to an activating group) is 1. The number of benzene rings is 1. The van der Waals surface area contributed by atoms with Gasteiger partial charge < -0.3 is 24.4 Å². The van der Waals surface area contributed by atoms with Crippen LogP contribution in [-0.2, 0) is 0 Å². The molecule has 1 aliphatic heterocycles. The van der Waals surface area contributed by atoms with Gasteiger partial charge in [-0.1, -0.05) is 30.3 Å². The number of piperazine rings is 1. The molecule has 2 aromatic rings. The summed E-state index contributed by atoms with van der Waals surface area (Å²) in [6.45, 7) is 3.54. The Morgan fingerprint density at radius 3 is 2.36 bits per heavy atom. The molecule has 1 fully saturated rings. The number of rotatable bonds is 5. The fourth-order valence-electron chi connectivity index (χ4n) is 3.47. The monoisotopic (exact) mass is 383 g/mol. The molecule has 1 atom stereocenters. The number of hydrogen-bond donors (Lipinski definition) is 1. The summed E-state index contributed by atoms with van der Waals surface area (Å²) in [6, 6.07) is 14.2. The molecule has 2 heterocycles. The Labute approximate surface area is 166 Å². The van der Waals surface area contributed by atoms with Gasteiger partial charge in [0.25, 0.3) is 5.91 Å². The van der Waals surface area contributed by atoms with Crippen LogP contribution >= 0.6 is 0 Å². The second-order valence-corrected chi connectivity index (χ2v) is 7.07. The second kappa shape index (κ2) is 9.41. The zero-order valence-corrected chi connectivity index (χ0v) is 16.8. The van der Waals surface area contributed by atoms with Gasteiger partial charge in [0.15, 0.2) is 11.7 Å². The van der Waals surface area contributed by atoms with Crippen molar-refractivity contribution >= 4 is 11.9 Å². The number of hydrogen-bond acceptors (Lipinski definition) is 4. The van der Waals surface area contributed by atoms with Crippen LogP contribution < -0.4 is 5.32 Å². The van der Waals surface area contributed by atoms with Gasteiger partial charge in [-0.25, -0.2) is 0 Å². The third-order valence-electron chi connectivity index (χ3n) is 5.07. The lowest BCUT2D eigenvalue weighted by Crippen LogP contribution is -2.54. The molecule has 1 amide bonds. The predicted molar refractivity (Wildman–Crippen MR) is 110 cm³/mol. The van der Waals surface area contributed by atoms with Gasteiger partial charge >= 0.3 is 0 Å². The Kier molecular flexibility index (Phi) is 6.71. The summed E-state index contributed by atoms with van der Waals surface area (Å²) in [5.74, 6) is 1.21. The maximum atomic E-state index is 12.4. The number of amides is 1. The van der Waals surface area contributed by atoms with Gasteiger partial charge in [-0.15, -0.1) is 0 Å². The number of guanidine groups is 1. The van der Waals surface area contributed by atoms with Crippen LogP contribution in [0.4, 0.5) is 0 Å². The molecule has 1 saturated heterocycles. The summed E-state index contributed by atoms with van der Waals surface area (Å²) in [7, 11) is 5.97. The van der Waals surface area contributed by atoms with Crippen molar-refractivity contribution < 1.29 is 9.21 Å². The van der Waals surface area contributed by atoms with Crippen molar-refractivity contribution in [2.24, 2.45) is 4.99 Å². The molecule has 1 N–H and O–H groups in total. The zero-order chi connectivity index (χ0) is 19.9. The molecule has 28 heavy (non-hydrogen) atoms. The van der Waals surface area contributed by atoms with Crippen molar-refractivity contribution in [1.82, 2.24) is 20.0 Å². The number of nitrogens with zero attached hydrogens (tertiary/aromatic N) is 4. The molecule has 1 aromatic carbocycles. The van der Waals surface area contributed by atoms with E-state index >= 15 is 0 Å². The summed E-state index contributed by atoms with van der Waals surface area (Å²) in [4.78, 5) is 23.1. The van der Waals surface area contributed by atoms with Crippen molar-refractivity contribution in [2.45, 2.75) is 6.04 Å². The van der Waals surface area contributed by atoms with Gasteiger partial charge in [0.1, 0.15) is 0 Å². The Bertz CT molecular complexity index is 765. The molecule has 7 nitrogen and oxygen atoms in total. The lowest BCUT2D eigenvalue weighted by Gasteiger charge is -2.37. The molecular formula is C21H29N5O2. The SMILES string of the molecule is CN=C(NCC(c1ccccc1)N(C)C)N1CCN(C(=O)c2ccco2)CC1. The first-order valence-electron chi connectivity index (χ1n) is 9.60. The number of carbonyl (C=O) groups is 1. The average Bonchev–Trinajstić information content (AvgIpc) is 3.26. The summed E-state index contributed by atoms with van der Waals surface area (Å²) < 4.78 is 5.23. The topological polar surface area (TPSA) is 64.3 Å². The van der Waals surface area contributed by atoms with Crippen molar-refractivity contribution in [2.75, 3.05) is 53.9 Å². The summed E-state index contributed by atoms with van der Waals surface area (Å²) in [5, 5.41) is 3.50. The van der Waals surface area contributed by atoms with Crippen molar-refractivity contribution in [1.29, 1.82) is 0 Å². The largest absolute Gasteiger partial charge is 0.459 e. The van der Waals surface area contributed by atoms with E-state index < -0.39 is 0 Å². The van der Waals surface area contributed by atoms with E-state index in [4.69, 9.17) is 4.42 Å². The van der Waals surface area contributed by atoms with E-state index in [0.717, 1.165) is 25.6 Å². The first-order valence-corrected chi connectivity index (χ1v) is 9.60. The average molecular weight is 383 g/mol. The summed E-state index contributed by atoms with van der Waals surface area (Å²) in [6.07, 6.45) is 1.53. The van der Waals surface area contributed by atoms with Crippen LogP contribution in [0, 0.1) is 0 Å². The van der Waals surface area contributed by atoms with Gasteiger partial charge in [-0.3, -0.25) is 9.79 Å². The van der Waals surface area contributed by atoms with Gasteiger partial charge in [0.05, 0.1) is 12.3 Å². The number of nitrogens with one attached hydrogen (secondary N) is 1. The molecule has 0 saturated carbocycles. The Morgan fingerprint density at radius 2 is 1.79 bits per heavy atom. The quantitative estimate of drug-likeness (QED) is 0.631. The van der Waals surface area contributed by atoms with Crippen molar-refractivity contribution in [3.63, 3.8) is 0 Å². The first kappa shape index (κ1) is 19.9. The number of furan rings is 1. The van der Waals surface area contributed by atoms with Gasteiger partial charge in [0, 0.05) is 39.8 Å². The van der Waals surface area contributed by atoms with Crippen molar-refractivity contribution in [3.05, 3.63) is 60.1 Å². The molecule has 150 valence electrons. The van der Waals surface area contributed by atoms with Crippen LogP contribution in [0.3, 0.4) is 0 Å². The Balaban J connectivity index is 1.55. The number of carbonyl (C=O) groups excluding carboxylic acids is 1. The van der Waals surface area contributed by atoms with E-state index in [1.807, 2.05) is 11.0 Å². The van der Waals surface area contributed by atoms with E-state index in [9.17, 15) is 4.79 Å². The molecule has 7 heteroatoms. The minimum atomic E-state index is -0.0515. The zero-order valence-electron chi connectivity index (χ0n) is 16.8. The second-order valence-electron chi connectivity index (χ2n) is 7.07. The third kappa shape index (κ3) is 4.72. The normalized spacial score (nSPS) is 16.4. The molecule has 3 rings (SSSR count). The van der Waals surface area contributed by atoms with Crippen molar-refractivity contribution in [3.8, 4) is 0 Å². The molecule has 0 aliphatic carbocycles. The molecule has 0 spiro atoms. The molecule has 1 aromatic heterocycles. The van der Waals surface area contributed by atoms with Crippen LogP contribution in [0.25, 0.3) is 0 Å². The minimum Gasteiger partial charge on any atom is -0.459 e. The van der Waals surface area contributed by atoms with E-state index in [-0.39, 0.29) is 11.9 Å². The first-order chi connectivity index (χ1) is 13.6. The summed E-state index contributed by atoms with van der Waals surface area (Å²) in [5.41, 5.74) is 1.27. The van der Waals surface area contributed by atoms with Crippen LogP contribution in [0.1, 0.15) is 22.2 Å². The Hall–Kier alpha value is -2.80. The fourth-order valence-corrected chi connectivity index (χ4v) is 3.47. The lowest BCUT2D eigenvalue weighted by atomic mass is 10.1. The fraction of sp³-hybridized carbons (Fsp3) is 0.429. The highest BCUT2D eigenvalue weighted by molar-refractivity contribution is 5.91. The lowest BCUT2D eigenvalue weighted by molar-refractivity contribution is 0.0657. The third-order valence-corrected chi connectivity index (χ3v) is 5.07. The highest BCUT2D eigenvalue weighted by Crippen LogP contribution is 2.17. The van der Waals surface area contributed by atoms with Crippen LogP contribution in [-0.4, -0.2) is 80.4 Å². The molecular weight excluding hydrogens is 354 g/mol. The van der Waals surface area contributed by atoms with Crippen LogP contribution in [0.2, 0.25) is 0 Å². The van der Waals surface area contributed by atoms with E-state index in [1.54, 1.807) is 19.2 Å². The van der Waals surface area contributed by atoms with Gasteiger partial charge in [-0.2, -0.15) is 0 Å². The standard InChI is InChI=1S/C21H29N5O2/c1-22-21(23-16-18(24(2)3)17-8-5-4-6-9-17)26-13-11-25(12-14-26)20(27)19-10-7-15-28-19/h4-10,15,18H,11-14,16H2,1-3H3,(H,22,23). The van der Waals surface area contributed by atoms with Crippen LogP contribution in [0.5, 0.6) is 0 Å². The van der Waals surface area contributed by atoms with Gasteiger partial charge in [-0.05, 0) is 31.8 Å². The number of aliphatic imine (C=N–C) groups is 1. The highest BCUT2D eigenvalue weighted by atomic mass is 16.3. The molecule has 0 bridgehead atoms. The molecule has 1 unspecified atom stereocenters. The Morgan fingerprint density at radius 1 is 1.11 bits per heavy atom. The van der Waals surface area contributed by atoms with E-state index in [0.29, 0.717) is 18.8 Å². The van der Waals surface area contributed by atoms with Gasteiger partial charge in [0.2, 0.25) is 0 Å². The molecule has 1 aliphatic rings. The van der Waals surface area contributed by atoms with Crippen LogP contribution in [0.15, 0.2) is 58.1 Å². The van der Waals surface area contributed by atoms with E-state index in [1.165, 1.54) is 11.8 Å². The minimum absolute atomic E-state index is 0.0515.